The van der Waals surface area contributed by atoms with Crippen molar-refractivity contribution in [3.63, 3.8) is 0 Å². The molecule has 1 amide bonds. The van der Waals surface area contributed by atoms with Gasteiger partial charge in [0.2, 0.25) is 5.91 Å². The highest BCUT2D eigenvalue weighted by molar-refractivity contribution is 7.18. The molecule has 0 spiro atoms. The molecule has 2 aromatic heterocycles. The number of benzene rings is 1. The minimum absolute atomic E-state index is 0.254. The number of hydrogen-bond donors (Lipinski definition) is 0. The number of nitrogens with zero attached hydrogens (tertiary/aromatic N) is 4. The summed E-state index contributed by atoms with van der Waals surface area (Å²) in [5.74, 6) is 0.738. The average molecular weight is 354 g/mol. The van der Waals surface area contributed by atoms with Crippen molar-refractivity contribution in [2.45, 2.75) is 31.6 Å². The molecule has 1 aromatic carbocycles. The van der Waals surface area contributed by atoms with E-state index in [0.717, 1.165) is 43.6 Å². The van der Waals surface area contributed by atoms with E-state index in [9.17, 15) is 4.79 Å². The highest BCUT2D eigenvalue weighted by Crippen LogP contribution is 2.33. The molecule has 3 aromatic rings. The first kappa shape index (κ1) is 16.3. The number of aryl methyl sites for hydroxylation is 2. The number of aromatic nitrogens is 3. The molecule has 1 fully saturated rings. The molecule has 5 nitrogen and oxygen atoms in total. The molecule has 0 saturated carbocycles. The van der Waals surface area contributed by atoms with Gasteiger partial charge in [-0.2, -0.15) is 5.10 Å². The topological polar surface area (TPSA) is 51.0 Å². The van der Waals surface area contributed by atoms with Crippen molar-refractivity contribution in [3.05, 3.63) is 47.2 Å². The number of thiazole rings is 1. The zero-order chi connectivity index (χ0) is 17.2. The van der Waals surface area contributed by atoms with E-state index in [0.29, 0.717) is 12.3 Å². The van der Waals surface area contributed by atoms with Crippen LogP contribution in [0.4, 0.5) is 0 Å². The second-order valence-electron chi connectivity index (χ2n) is 6.62. The zero-order valence-electron chi connectivity index (χ0n) is 14.4. The van der Waals surface area contributed by atoms with Gasteiger partial charge in [0.15, 0.2) is 0 Å². The van der Waals surface area contributed by atoms with Crippen molar-refractivity contribution in [1.82, 2.24) is 19.7 Å². The smallest absolute Gasteiger partial charge is 0.222 e. The first-order valence-corrected chi connectivity index (χ1v) is 9.62. The van der Waals surface area contributed by atoms with Crippen molar-refractivity contribution in [2.24, 2.45) is 7.05 Å². The van der Waals surface area contributed by atoms with Gasteiger partial charge in [-0.1, -0.05) is 12.1 Å². The van der Waals surface area contributed by atoms with Crippen LogP contribution >= 0.6 is 11.3 Å². The number of fused-ring (bicyclic) bond motifs is 1. The lowest BCUT2D eigenvalue weighted by Crippen LogP contribution is -2.38. The Kier molecular flexibility index (Phi) is 4.53. The van der Waals surface area contributed by atoms with Gasteiger partial charge in [0, 0.05) is 44.4 Å². The van der Waals surface area contributed by atoms with Crippen LogP contribution < -0.4 is 0 Å². The van der Waals surface area contributed by atoms with Crippen LogP contribution in [-0.2, 0) is 18.3 Å². The molecule has 130 valence electrons. The molecule has 1 aliphatic rings. The summed E-state index contributed by atoms with van der Waals surface area (Å²) in [6.45, 7) is 1.68. The summed E-state index contributed by atoms with van der Waals surface area (Å²) in [7, 11) is 1.92. The van der Waals surface area contributed by atoms with Crippen molar-refractivity contribution in [3.8, 4) is 0 Å². The van der Waals surface area contributed by atoms with Crippen LogP contribution in [0.1, 0.15) is 35.9 Å². The van der Waals surface area contributed by atoms with E-state index in [1.54, 1.807) is 17.5 Å². The summed E-state index contributed by atoms with van der Waals surface area (Å²) in [5, 5.41) is 5.38. The summed E-state index contributed by atoms with van der Waals surface area (Å²) in [6.07, 6.45) is 5.12. The number of likely N-dealkylation sites (tertiary alicyclic amines) is 1. The fraction of sp³-hybridized carbons (Fsp3) is 0.421. The van der Waals surface area contributed by atoms with Gasteiger partial charge in [-0.05, 0) is 37.5 Å². The molecule has 0 aliphatic carbocycles. The summed E-state index contributed by atoms with van der Waals surface area (Å²) < 4.78 is 3.10. The van der Waals surface area contributed by atoms with Crippen LogP contribution in [0.3, 0.4) is 0 Å². The predicted molar refractivity (Wildman–Crippen MR) is 99.7 cm³/mol. The Morgan fingerprint density at radius 2 is 2.04 bits per heavy atom. The minimum Gasteiger partial charge on any atom is -0.343 e. The van der Waals surface area contributed by atoms with Gasteiger partial charge in [0.1, 0.15) is 0 Å². The van der Waals surface area contributed by atoms with Gasteiger partial charge in [-0.25, -0.2) is 4.98 Å². The van der Waals surface area contributed by atoms with Gasteiger partial charge >= 0.3 is 0 Å². The van der Waals surface area contributed by atoms with Gasteiger partial charge in [0.05, 0.1) is 15.2 Å². The third-order valence-electron chi connectivity index (χ3n) is 5.02. The lowest BCUT2D eigenvalue weighted by Gasteiger charge is -2.31. The minimum atomic E-state index is 0.254. The second-order valence-corrected chi connectivity index (χ2v) is 7.68. The van der Waals surface area contributed by atoms with E-state index in [4.69, 9.17) is 4.98 Å². The normalized spacial score (nSPS) is 15.8. The number of para-hydroxylation sites is 1. The monoisotopic (exact) mass is 354 g/mol. The summed E-state index contributed by atoms with van der Waals surface area (Å²) in [4.78, 5) is 19.3. The first-order chi connectivity index (χ1) is 12.2. The Morgan fingerprint density at radius 1 is 1.24 bits per heavy atom. The number of piperidine rings is 1. The SMILES string of the molecule is Cn1nccc1CCC(=O)N1CCC(c2nc3ccccc3s2)CC1. The molecule has 0 bridgehead atoms. The lowest BCUT2D eigenvalue weighted by atomic mass is 9.97. The van der Waals surface area contributed by atoms with E-state index >= 15 is 0 Å². The van der Waals surface area contributed by atoms with Crippen LogP contribution in [0.2, 0.25) is 0 Å². The van der Waals surface area contributed by atoms with Crippen LogP contribution in [0.15, 0.2) is 36.5 Å². The van der Waals surface area contributed by atoms with Gasteiger partial charge < -0.3 is 4.90 Å². The molecule has 4 rings (SSSR count). The second kappa shape index (κ2) is 6.96. The fourth-order valence-corrected chi connectivity index (χ4v) is 4.62. The highest BCUT2D eigenvalue weighted by Gasteiger charge is 2.25. The van der Waals surface area contributed by atoms with E-state index in [-0.39, 0.29) is 5.91 Å². The number of carbonyl (C=O) groups is 1. The van der Waals surface area contributed by atoms with E-state index in [1.165, 1.54) is 9.71 Å². The van der Waals surface area contributed by atoms with Crippen LogP contribution in [-0.4, -0.2) is 38.7 Å². The Morgan fingerprint density at radius 3 is 2.76 bits per heavy atom. The van der Waals surface area contributed by atoms with E-state index in [2.05, 4.69) is 23.3 Å². The molecule has 0 N–H and O–H groups in total. The number of rotatable bonds is 4. The Labute approximate surface area is 151 Å². The van der Waals surface area contributed by atoms with Crippen molar-refractivity contribution in [1.29, 1.82) is 0 Å². The summed E-state index contributed by atoms with van der Waals surface area (Å²) >= 11 is 1.80. The van der Waals surface area contributed by atoms with E-state index < -0.39 is 0 Å². The highest BCUT2D eigenvalue weighted by atomic mass is 32.1. The Balaban J connectivity index is 1.33. The van der Waals surface area contributed by atoms with Crippen molar-refractivity contribution >= 4 is 27.5 Å². The van der Waals surface area contributed by atoms with Gasteiger partial charge in [0.25, 0.3) is 0 Å². The fourth-order valence-electron chi connectivity index (χ4n) is 3.48. The quantitative estimate of drug-likeness (QED) is 0.722. The summed E-state index contributed by atoms with van der Waals surface area (Å²) in [5.41, 5.74) is 2.20. The third kappa shape index (κ3) is 3.44. The predicted octanol–water partition coefficient (Wildman–Crippen LogP) is 3.37. The Bertz CT molecular complexity index is 843. The summed E-state index contributed by atoms with van der Waals surface area (Å²) in [6, 6.07) is 10.3. The van der Waals surface area contributed by atoms with Gasteiger partial charge in [-0.15, -0.1) is 11.3 Å². The van der Waals surface area contributed by atoms with Crippen LogP contribution in [0.5, 0.6) is 0 Å². The maximum atomic E-state index is 12.5. The van der Waals surface area contributed by atoms with Crippen LogP contribution in [0.25, 0.3) is 10.2 Å². The molecule has 1 saturated heterocycles. The standard InChI is InChI=1S/C19H22N4OS/c1-22-15(8-11-20-22)6-7-18(24)23-12-9-14(10-13-23)19-21-16-4-2-3-5-17(16)25-19/h2-5,8,11,14H,6-7,9-10,12-13H2,1H3. The van der Waals surface area contributed by atoms with Gasteiger partial charge in [-0.3, -0.25) is 9.48 Å². The molecule has 1 aliphatic heterocycles. The lowest BCUT2D eigenvalue weighted by molar-refractivity contribution is -0.132. The molecule has 0 atom stereocenters. The van der Waals surface area contributed by atoms with Crippen molar-refractivity contribution in [2.75, 3.05) is 13.1 Å². The molecular formula is C19H22N4OS. The zero-order valence-corrected chi connectivity index (χ0v) is 15.2. The first-order valence-electron chi connectivity index (χ1n) is 8.81. The van der Waals surface area contributed by atoms with E-state index in [1.807, 2.05) is 28.8 Å². The molecule has 25 heavy (non-hydrogen) atoms. The van der Waals surface area contributed by atoms with Crippen molar-refractivity contribution < 1.29 is 4.79 Å². The third-order valence-corrected chi connectivity index (χ3v) is 6.22. The molecule has 6 heteroatoms. The van der Waals surface area contributed by atoms with Crippen LogP contribution in [0, 0.1) is 0 Å². The number of hydrogen-bond acceptors (Lipinski definition) is 4. The molecule has 0 radical (unpaired) electrons. The molecule has 0 unspecified atom stereocenters. The maximum absolute atomic E-state index is 12.5. The largest absolute Gasteiger partial charge is 0.343 e. The number of carbonyl (C=O) groups excluding carboxylic acids is 1. The Hall–Kier alpha value is -2.21. The number of amides is 1. The molecule has 3 heterocycles. The average Bonchev–Trinajstić information content (AvgIpc) is 3.25. The maximum Gasteiger partial charge on any atom is 0.222 e. The molecular weight excluding hydrogens is 332 g/mol.